The number of nitrogens with zero attached hydrogens (tertiary/aromatic N) is 2. The summed E-state index contributed by atoms with van der Waals surface area (Å²) >= 11 is 0. The Kier molecular flexibility index (Phi) is 9.88. The van der Waals surface area contributed by atoms with Crippen molar-refractivity contribution in [3.8, 4) is 11.5 Å². The molecule has 0 aromatic heterocycles. The van der Waals surface area contributed by atoms with E-state index in [1.54, 1.807) is 18.2 Å². The minimum absolute atomic E-state index is 0.134. The van der Waals surface area contributed by atoms with Crippen molar-refractivity contribution in [2.75, 3.05) is 36.4 Å². The van der Waals surface area contributed by atoms with Crippen LogP contribution in [0.3, 0.4) is 0 Å². The van der Waals surface area contributed by atoms with Crippen molar-refractivity contribution in [1.82, 2.24) is 10.2 Å². The molecule has 0 spiro atoms. The molecule has 218 valence electrons. The van der Waals surface area contributed by atoms with Crippen molar-refractivity contribution >= 4 is 27.5 Å². The molecule has 3 aromatic carbocycles. The molecule has 1 aliphatic heterocycles. The van der Waals surface area contributed by atoms with Gasteiger partial charge in [-0.2, -0.15) is 0 Å². The van der Waals surface area contributed by atoms with Gasteiger partial charge >= 0.3 is 0 Å². The molecular weight excluding hydrogens is 542 g/mol. The second-order valence-electron chi connectivity index (χ2n) is 9.84. The van der Waals surface area contributed by atoms with E-state index in [0.29, 0.717) is 31.3 Å². The number of benzene rings is 3. The van der Waals surface area contributed by atoms with Gasteiger partial charge in [0.2, 0.25) is 21.8 Å². The van der Waals surface area contributed by atoms with Crippen LogP contribution in [-0.4, -0.2) is 63.2 Å². The largest absolute Gasteiger partial charge is 0.486 e. The first kappa shape index (κ1) is 29.9. The number of hydrogen-bond acceptors (Lipinski definition) is 6. The molecule has 0 saturated heterocycles. The standard InChI is InChI=1S/C31H37N3O6S/c1-4-32-31(36)27(19-24-9-7-6-8-10-24)33(21-25-13-11-23(3)12-14-25)30(35)22-34(41(37,38)5-2)26-15-16-28-29(20-26)40-18-17-39-28/h6-16,20,27H,4-5,17-19,21-22H2,1-3H3,(H,32,36). The minimum atomic E-state index is -3.87. The molecule has 4 rings (SSSR count). The summed E-state index contributed by atoms with van der Waals surface area (Å²) in [7, 11) is -3.87. The zero-order chi connectivity index (χ0) is 29.4. The zero-order valence-electron chi connectivity index (χ0n) is 23.7. The van der Waals surface area contributed by atoms with Crippen LogP contribution in [0.5, 0.6) is 11.5 Å². The van der Waals surface area contributed by atoms with Gasteiger partial charge in [-0.05, 0) is 44.0 Å². The maximum absolute atomic E-state index is 14.2. The highest BCUT2D eigenvalue weighted by Crippen LogP contribution is 2.35. The number of aryl methyl sites for hydroxylation is 1. The summed E-state index contributed by atoms with van der Waals surface area (Å²) in [5, 5.41) is 2.86. The van der Waals surface area contributed by atoms with Crippen molar-refractivity contribution < 1.29 is 27.5 Å². The highest BCUT2D eigenvalue weighted by Gasteiger charge is 2.33. The van der Waals surface area contributed by atoms with Gasteiger partial charge in [-0.15, -0.1) is 0 Å². The molecule has 2 amide bonds. The number of likely N-dealkylation sites (N-methyl/N-ethyl adjacent to an activating group) is 1. The third-order valence-electron chi connectivity index (χ3n) is 6.89. The molecule has 1 N–H and O–H groups in total. The highest BCUT2D eigenvalue weighted by atomic mass is 32.2. The summed E-state index contributed by atoms with van der Waals surface area (Å²) in [6.07, 6.45) is 0.273. The lowest BCUT2D eigenvalue weighted by atomic mass is 10.0. The van der Waals surface area contributed by atoms with E-state index in [1.807, 2.05) is 68.4 Å². The number of carbonyl (C=O) groups is 2. The third-order valence-corrected chi connectivity index (χ3v) is 8.63. The van der Waals surface area contributed by atoms with Crippen LogP contribution in [-0.2, 0) is 32.6 Å². The predicted molar refractivity (Wildman–Crippen MR) is 159 cm³/mol. The van der Waals surface area contributed by atoms with Gasteiger partial charge in [0.1, 0.15) is 25.8 Å². The number of fused-ring (bicyclic) bond motifs is 1. The van der Waals surface area contributed by atoms with Crippen molar-refractivity contribution in [3.63, 3.8) is 0 Å². The predicted octanol–water partition coefficient (Wildman–Crippen LogP) is 3.70. The van der Waals surface area contributed by atoms with Crippen LogP contribution in [0.2, 0.25) is 0 Å². The van der Waals surface area contributed by atoms with E-state index in [1.165, 1.54) is 11.8 Å². The quantitative estimate of drug-likeness (QED) is 0.351. The second kappa shape index (κ2) is 13.5. The average molecular weight is 580 g/mol. The van der Waals surface area contributed by atoms with Crippen LogP contribution in [0.25, 0.3) is 0 Å². The number of anilines is 1. The van der Waals surface area contributed by atoms with Gasteiger partial charge in [-0.1, -0.05) is 60.2 Å². The molecule has 9 nitrogen and oxygen atoms in total. The smallest absolute Gasteiger partial charge is 0.244 e. The van der Waals surface area contributed by atoms with Gasteiger partial charge in [0.05, 0.1) is 11.4 Å². The molecule has 10 heteroatoms. The Morgan fingerprint density at radius 3 is 2.24 bits per heavy atom. The van der Waals surface area contributed by atoms with Crippen molar-refractivity contribution in [3.05, 3.63) is 89.5 Å². The molecule has 0 fully saturated rings. The second-order valence-corrected chi connectivity index (χ2v) is 12.0. The van der Waals surface area contributed by atoms with E-state index < -0.39 is 28.5 Å². The fraction of sp³-hybridized carbons (Fsp3) is 0.355. The Hall–Kier alpha value is -4.05. The first-order valence-corrected chi connectivity index (χ1v) is 15.4. The van der Waals surface area contributed by atoms with E-state index in [2.05, 4.69) is 5.32 Å². The molecule has 41 heavy (non-hydrogen) atoms. The van der Waals surface area contributed by atoms with Gasteiger partial charge in [0, 0.05) is 25.6 Å². The molecule has 0 saturated carbocycles. The van der Waals surface area contributed by atoms with E-state index in [-0.39, 0.29) is 30.3 Å². The fourth-order valence-electron chi connectivity index (χ4n) is 4.64. The monoisotopic (exact) mass is 579 g/mol. The number of rotatable bonds is 12. The summed E-state index contributed by atoms with van der Waals surface area (Å²) in [4.78, 5) is 29.1. The lowest BCUT2D eigenvalue weighted by Crippen LogP contribution is -2.53. The van der Waals surface area contributed by atoms with E-state index in [9.17, 15) is 18.0 Å². The van der Waals surface area contributed by atoms with Gasteiger partial charge in [0.25, 0.3) is 0 Å². The van der Waals surface area contributed by atoms with Crippen LogP contribution in [0.1, 0.15) is 30.5 Å². The number of carbonyl (C=O) groups excluding carboxylic acids is 2. The maximum Gasteiger partial charge on any atom is 0.244 e. The number of nitrogens with one attached hydrogen (secondary N) is 1. The molecule has 1 heterocycles. The van der Waals surface area contributed by atoms with Crippen LogP contribution < -0.4 is 19.1 Å². The SMILES string of the molecule is CCNC(=O)C(Cc1ccccc1)N(Cc1ccc(C)cc1)C(=O)CN(c1ccc2c(c1)OCCO2)S(=O)(=O)CC. The highest BCUT2D eigenvalue weighted by molar-refractivity contribution is 7.92. The maximum atomic E-state index is 14.2. The lowest BCUT2D eigenvalue weighted by Gasteiger charge is -2.34. The molecule has 3 aromatic rings. The van der Waals surface area contributed by atoms with Crippen LogP contribution in [0.15, 0.2) is 72.8 Å². The number of hydrogen-bond donors (Lipinski definition) is 1. The van der Waals surface area contributed by atoms with Crippen LogP contribution >= 0.6 is 0 Å². The summed E-state index contributed by atoms with van der Waals surface area (Å²) in [5.41, 5.74) is 3.07. The first-order valence-electron chi connectivity index (χ1n) is 13.8. The Morgan fingerprint density at radius 2 is 1.59 bits per heavy atom. The Bertz CT molecular complexity index is 1440. The summed E-state index contributed by atoms with van der Waals surface area (Å²) < 4.78 is 39.0. The van der Waals surface area contributed by atoms with Gasteiger partial charge in [0.15, 0.2) is 11.5 Å². The molecule has 0 bridgehead atoms. The van der Waals surface area contributed by atoms with Crippen LogP contribution in [0.4, 0.5) is 5.69 Å². The molecule has 1 aliphatic rings. The van der Waals surface area contributed by atoms with Gasteiger partial charge in [-0.3, -0.25) is 13.9 Å². The van der Waals surface area contributed by atoms with Crippen molar-refractivity contribution in [1.29, 1.82) is 0 Å². The summed E-state index contributed by atoms with van der Waals surface area (Å²) in [5.74, 6) is -0.0828. The molecular formula is C31H37N3O6S. The van der Waals surface area contributed by atoms with E-state index in [0.717, 1.165) is 21.0 Å². The van der Waals surface area contributed by atoms with Gasteiger partial charge < -0.3 is 19.7 Å². The lowest BCUT2D eigenvalue weighted by molar-refractivity contribution is -0.140. The topological polar surface area (TPSA) is 105 Å². The summed E-state index contributed by atoms with van der Waals surface area (Å²) in [6, 6.07) is 21.1. The van der Waals surface area contributed by atoms with E-state index >= 15 is 0 Å². The third kappa shape index (κ3) is 7.58. The average Bonchev–Trinajstić information content (AvgIpc) is 2.98. The Labute approximate surface area is 242 Å². The summed E-state index contributed by atoms with van der Waals surface area (Å²) in [6.45, 7) is 6.11. The van der Waals surface area contributed by atoms with E-state index in [4.69, 9.17) is 9.47 Å². The number of ether oxygens (including phenoxy) is 2. The zero-order valence-corrected chi connectivity index (χ0v) is 24.5. The Balaban J connectivity index is 1.73. The minimum Gasteiger partial charge on any atom is -0.486 e. The van der Waals surface area contributed by atoms with Crippen LogP contribution in [0, 0.1) is 6.92 Å². The van der Waals surface area contributed by atoms with Crippen molar-refractivity contribution in [2.24, 2.45) is 0 Å². The molecule has 0 radical (unpaired) electrons. The van der Waals surface area contributed by atoms with Gasteiger partial charge in [-0.25, -0.2) is 8.42 Å². The normalized spacial score (nSPS) is 13.2. The number of sulfonamides is 1. The molecule has 1 unspecified atom stereocenters. The molecule has 0 aliphatic carbocycles. The Morgan fingerprint density at radius 1 is 0.902 bits per heavy atom. The molecule has 1 atom stereocenters. The van der Waals surface area contributed by atoms with Crippen molar-refractivity contribution in [2.45, 2.75) is 39.8 Å². The first-order chi connectivity index (χ1) is 19.7. The fourth-order valence-corrected chi connectivity index (χ4v) is 5.70. The number of amides is 2.